The third-order valence-electron chi connectivity index (χ3n) is 2.75. The van der Waals surface area contributed by atoms with E-state index >= 15 is 0 Å². The molecular formula is C12H11ClN2O4S2. The highest BCUT2D eigenvalue weighted by Gasteiger charge is 2.25. The highest BCUT2D eigenvalue weighted by atomic mass is 35.5. The van der Waals surface area contributed by atoms with Gasteiger partial charge in [-0.3, -0.25) is 14.8 Å². The van der Waals surface area contributed by atoms with Crippen LogP contribution in [0.25, 0.3) is 0 Å². The van der Waals surface area contributed by atoms with Gasteiger partial charge < -0.3 is 0 Å². The molecule has 0 aliphatic carbocycles. The molecule has 0 amide bonds. The fourth-order valence-electron chi connectivity index (χ4n) is 1.72. The number of para-hydroxylation sites is 1. The van der Waals surface area contributed by atoms with Crippen LogP contribution >= 0.6 is 22.9 Å². The molecular weight excluding hydrogens is 336 g/mol. The number of benzene rings is 1. The molecule has 1 N–H and O–H groups in total. The van der Waals surface area contributed by atoms with Crippen molar-refractivity contribution in [3.05, 3.63) is 50.3 Å². The molecule has 21 heavy (non-hydrogen) atoms. The number of halogens is 1. The molecule has 6 nitrogen and oxygen atoms in total. The molecule has 1 heterocycles. The van der Waals surface area contributed by atoms with Crippen LogP contribution in [0.15, 0.2) is 34.5 Å². The van der Waals surface area contributed by atoms with Crippen molar-refractivity contribution in [3.8, 4) is 0 Å². The summed E-state index contributed by atoms with van der Waals surface area (Å²) in [6, 6.07) is 7.93. The zero-order valence-corrected chi connectivity index (χ0v) is 13.3. The van der Waals surface area contributed by atoms with Gasteiger partial charge in [-0.05, 0) is 18.1 Å². The second-order valence-corrected chi connectivity index (χ2v) is 7.66. The molecule has 0 aliphatic rings. The van der Waals surface area contributed by atoms with Gasteiger partial charge in [-0.15, -0.1) is 11.3 Å². The first kappa shape index (κ1) is 15.7. The molecule has 112 valence electrons. The number of nitrogens with one attached hydrogen (secondary N) is 1. The van der Waals surface area contributed by atoms with E-state index in [1.54, 1.807) is 12.1 Å². The van der Waals surface area contributed by atoms with Crippen molar-refractivity contribution in [2.75, 3.05) is 4.72 Å². The number of aryl methyl sites for hydroxylation is 1. The molecule has 0 radical (unpaired) electrons. The van der Waals surface area contributed by atoms with Crippen LogP contribution in [-0.2, 0) is 16.4 Å². The van der Waals surface area contributed by atoms with E-state index in [-0.39, 0.29) is 8.55 Å². The lowest BCUT2D eigenvalue weighted by Crippen LogP contribution is -2.12. The van der Waals surface area contributed by atoms with Gasteiger partial charge >= 0.3 is 0 Å². The second kappa shape index (κ2) is 6.00. The number of sulfonamides is 1. The maximum atomic E-state index is 12.3. The van der Waals surface area contributed by atoms with Crippen molar-refractivity contribution in [2.45, 2.75) is 17.6 Å². The minimum absolute atomic E-state index is 0.163. The third kappa shape index (κ3) is 3.34. The summed E-state index contributed by atoms with van der Waals surface area (Å²) in [6.07, 6.45) is 0.657. The largest absolute Gasteiger partial charge is 0.300 e. The van der Waals surface area contributed by atoms with E-state index in [1.165, 1.54) is 0 Å². The number of anilines is 1. The highest BCUT2D eigenvalue weighted by molar-refractivity contribution is 7.94. The molecule has 0 bridgehead atoms. The zero-order chi connectivity index (χ0) is 15.6. The maximum Gasteiger partial charge on any atom is 0.300 e. The van der Waals surface area contributed by atoms with Crippen molar-refractivity contribution in [1.29, 1.82) is 0 Å². The topological polar surface area (TPSA) is 89.3 Å². The Balaban J connectivity index is 2.39. The molecule has 1 aromatic heterocycles. The number of hydrogen-bond donors (Lipinski definition) is 1. The second-order valence-electron chi connectivity index (χ2n) is 4.10. The zero-order valence-electron chi connectivity index (χ0n) is 10.9. The molecule has 0 spiro atoms. The summed E-state index contributed by atoms with van der Waals surface area (Å²) < 4.78 is 26.6. The van der Waals surface area contributed by atoms with Crippen LogP contribution in [-0.4, -0.2) is 13.3 Å². The van der Waals surface area contributed by atoms with Gasteiger partial charge in [0.1, 0.15) is 4.21 Å². The lowest BCUT2D eigenvalue weighted by Gasteiger charge is -2.09. The summed E-state index contributed by atoms with van der Waals surface area (Å²) in [4.78, 5) is 10.0. The molecule has 0 atom stereocenters. The van der Waals surface area contributed by atoms with Crippen molar-refractivity contribution >= 4 is 44.3 Å². The van der Waals surface area contributed by atoms with Gasteiger partial charge in [-0.1, -0.05) is 36.7 Å². The third-order valence-corrected chi connectivity index (χ3v) is 5.93. The van der Waals surface area contributed by atoms with Gasteiger partial charge in [-0.25, -0.2) is 8.42 Å². The van der Waals surface area contributed by atoms with E-state index < -0.39 is 20.6 Å². The summed E-state index contributed by atoms with van der Waals surface area (Å²) in [7, 11) is -3.90. The van der Waals surface area contributed by atoms with Gasteiger partial charge in [0.15, 0.2) is 4.34 Å². The van der Waals surface area contributed by atoms with Crippen LogP contribution in [0.4, 0.5) is 11.4 Å². The average molecular weight is 347 g/mol. The summed E-state index contributed by atoms with van der Waals surface area (Å²) in [6.45, 7) is 1.90. The Hall–Kier alpha value is -1.64. The van der Waals surface area contributed by atoms with E-state index in [0.29, 0.717) is 23.4 Å². The van der Waals surface area contributed by atoms with Crippen molar-refractivity contribution < 1.29 is 13.3 Å². The van der Waals surface area contributed by atoms with E-state index in [9.17, 15) is 18.5 Å². The Bertz CT molecular complexity index is 786. The molecule has 2 rings (SSSR count). The van der Waals surface area contributed by atoms with E-state index in [1.807, 2.05) is 19.1 Å². The summed E-state index contributed by atoms with van der Waals surface area (Å²) in [5.41, 5.74) is 0.872. The monoisotopic (exact) mass is 346 g/mol. The summed E-state index contributed by atoms with van der Waals surface area (Å²) in [5.74, 6) is 0. The maximum absolute atomic E-state index is 12.3. The van der Waals surface area contributed by atoms with E-state index in [4.69, 9.17) is 11.6 Å². The Kier molecular flexibility index (Phi) is 4.50. The Morgan fingerprint density at radius 3 is 2.62 bits per heavy atom. The lowest BCUT2D eigenvalue weighted by atomic mass is 10.1. The van der Waals surface area contributed by atoms with Crippen molar-refractivity contribution in [2.24, 2.45) is 0 Å². The standard InChI is InChI=1S/C12H11ClN2O4S2/c1-2-8-5-3-4-6-9(8)14-21(18,19)11-7-10(15(16)17)12(13)20-11/h3-7,14H,2H2,1H3. The molecule has 9 heteroatoms. The predicted octanol–water partition coefficient (Wildman–Crippen LogP) is 3.67. The van der Waals surface area contributed by atoms with Crippen LogP contribution in [0.2, 0.25) is 4.34 Å². The Labute approximate surface area is 130 Å². The molecule has 1 aromatic carbocycles. The molecule has 0 fully saturated rings. The fourth-order valence-corrected chi connectivity index (χ4v) is 4.48. The van der Waals surface area contributed by atoms with Crippen LogP contribution in [0, 0.1) is 10.1 Å². The molecule has 2 aromatic rings. The van der Waals surface area contributed by atoms with Crippen molar-refractivity contribution in [3.63, 3.8) is 0 Å². The first-order chi connectivity index (χ1) is 9.85. The number of rotatable bonds is 5. The minimum Gasteiger partial charge on any atom is -0.279 e. The predicted molar refractivity (Wildman–Crippen MR) is 82.6 cm³/mol. The number of nitrogens with zero attached hydrogens (tertiary/aromatic N) is 1. The van der Waals surface area contributed by atoms with E-state index in [0.717, 1.165) is 11.6 Å². The van der Waals surface area contributed by atoms with Gasteiger partial charge in [0.2, 0.25) is 0 Å². The summed E-state index contributed by atoms with van der Waals surface area (Å²) in [5, 5.41) is 10.7. The number of thiophene rings is 1. The molecule has 0 aliphatic heterocycles. The molecule has 0 unspecified atom stereocenters. The van der Waals surface area contributed by atoms with Gasteiger partial charge in [-0.2, -0.15) is 0 Å². The lowest BCUT2D eigenvalue weighted by molar-refractivity contribution is -0.384. The van der Waals surface area contributed by atoms with Gasteiger partial charge in [0.05, 0.1) is 10.6 Å². The van der Waals surface area contributed by atoms with E-state index in [2.05, 4.69) is 4.72 Å². The van der Waals surface area contributed by atoms with Gasteiger partial charge in [0.25, 0.3) is 15.7 Å². The Morgan fingerprint density at radius 2 is 2.05 bits per heavy atom. The smallest absolute Gasteiger partial charge is 0.279 e. The average Bonchev–Trinajstić information content (AvgIpc) is 2.82. The number of nitro groups is 1. The van der Waals surface area contributed by atoms with Gasteiger partial charge in [0, 0.05) is 6.07 Å². The van der Waals surface area contributed by atoms with Crippen LogP contribution < -0.4 is 4.72 Å². The first-order valence-corrected chi connectivity index (χ1v) is 8.57. The SMILES string of the molecule is CCc1ccccc1NS(=O)(=O)c1cc([N+](=O)[O-])c(Cl)s1. The molecule has 0 saturated heterocycles. The highest BCUT2D eigenvalue weighted by Crippen LogP contribution is 2.37. The van der Waals surface area contributed by atoms with Crippen LogP contribution in [0.1, 0.15) is 12.5 Å². The quantitative estimate of drug-likeness (QED) is 0.660. The number of hydrogen-bond acceptors (Lipinski definition) is 5. The fraction of sp³-hybridized carbons (Fsp3) is 0.167. The normalized spacial score (nSPS) is 11.3. The van der Waals surface area contributed by atoms with Crippen molar-refractivity contribution in [1.82, 2.24) is 0 Å². The summed E-state index contributed by atoms with van der Waals surface area (Å²) >= 11 is 6.35. The van der Waals surface area contributed by atoms with Crippen LogP contribution in [0.3, 0.4) is 0 Å². The first-order valence-electron chi connectivity index (χ1n) is 5.89. The molecule has 0 saturated carbocycles. The Morgan fingerprint density at radius 1 is 1.38 bits per heavy atom. The minimum atomic E-state index is -3.90. The van der Waals surface area contributed by atoms with Crippen LogP contribution in [0.5, 0.6) is 0 Å².